The summed E-state index contributed by atoms with van der Waals surface area (Å²) in [5, 5.41) is 4.00. The number of nitrogens with one attached hydrogen (secondary N) is 2. The molecule has 0 aromatic rings. The predicted octanol–water partition coefficient (Wildman–Crippen LogP) is 1.23. The van der Waals surface area contributed by atoms with E-state index in [1.807, 2.05) is 11.8 Å². The number of hydrogen-bond donors (Lipinski definition) is 3. The normalized spacial score (nSPS) is 31.2. The van der Waals surface area contributed by atoms with Crippen LogP contribution in [0, 0.1) is 0 Å². The molecule has 0 saturated heterocycles. The highest BCUT2D eigenvalue weighted by atomic mass is 32.2. The van der Waals surface area contributed by atoms with Gasteiger partial charge in [0.1, 0.15) is 0 Å². The van der Waals surface area contributed by atoms with Crippen molar-refractivity contribution >= 4 is 17.7 Å². The lowest BCUT2D eigenvalue weighted by atomic mass is 9.95. The second-order valence-electron chi connectivity index (χ2n) is 4.67. The molecule has 2 saturated carbocycles. The Morgan fingerprint density at radius 2 is 2.00 bits per heavy atom. The Morgan fingerprint density at radius 3 is 2.62 bits per heavy atom. The summed E-state index contributed by atoms with van der Waals surface area (Å²) >= 11 is 1.94. The quantitative estimate of drug-likeness (QED) is 0.301. The highest BCUT2D eigenvalue weighted by Crippen LogP contribution is 2.29. The minimum atomic E-state index is 0.432. The molecule has 2 unspecified atom stereocenters. The topological polar surface area (TPSA) is 62.4 Å². The SMILES string of the molecule is CSC1CCCCC1N=C(NN)NC1CC1. The van der Waals surface area contributed by atoms with Crippen molar-refractivity contribution in [2.45, 2.75) is 55.9 Å². The fraction of sp³-hybridized carbons (Fsp3) is 0.909. The molecular formula is C11H22N4S. The highest BCUT2D eigenvalue weighted by Gasteiger charge is 2.26. The molecule has 0 heterocycles. The largest absolute Gasteiger partial charge is 0.353 e. The van der Waals surface area contributed by atoms with Gasteiger partial charge < -0.3 is 5.32 Å². The Hall–Kier alpha value is -0.420. The smallest absolute Gasteiger partial charge is 0.206 e. The van der Waals surface area contributed by atoms with E-state index in [9.17, 15) is 0 Å². The van der Waals surface area contributed by atoms with E-state index < -0.39 is 0 Å². The summed E-state index contributed by atoms with van der Waals surface area (Å²) in [5.74, 6) is 6.29. The van der Waals surface area contributed by atoms with Crippen LogP contribution in [0.5, 0.6) is 0 Å². The zero-order valence-electron chi connectivity index (χ0n) is 9.91. The van der Waals surface area contributed by atoms with Gasteiger partial charge in [-0.2, -0.15) is 11.8 Å². The van der Waals surface area contributed by atoms with Crippen LogP contribution in [0.25, 0.3) is 0 Å². The van der Waals surface area contributed by atoms with E-state index >= 15 is 0 Å². The molecule has 0 aromatic carbocycles. The van der Waals surface area contributed by atoms with Crippen LogP contribution >= 0.6 is 11.8 Å². The summed E-state index contributed by atoms with van der Waals surface area (Å²) in [4.78, 5) is 4.74. The van der Waals surface area contributed by atoms with Crippen molar-refractivity contribution in [3.8, 4) is 0 Å². The lowest BCUT2D eigenvalue weighted by molar-refractivity contribution is 0.453. The molecule has 0 aliphatic heterocycles. The third-order valence-electron chi connectivity index (χ3n) is 3.32. The van der Waals surface area contributed by atoms with Gasteiger partial charge in [-0.25, -0.2) is 10.8 Å². The first kappa shape index (κ1) is 12.0. The van der Waals surface area contributed by atoms with Gasteiger partial charge in [0.15, 0.2) is 0 Å². The van der Waals surface area contributed by atoms with Crippen molar-refractivity contribution < 1.29 is 0 Å². The molecule has 0 bridgehead atoms. The molecule has 16 heavy (non-hydrogen) atoms. The van der Waals surface area contributed by atoms with Crippen LogP contribution in [0.3, 0.4) is 0 Å². The zero-order chi connectivity index (χ0) is 11.4. The van der Waals surface area contributed by atoms with Crippen LogP contribution in [0.15, 0.2) is 4.99 Å². The van der Waals surface area contributed by atoms with E-state index in [1.165, 1.54) is 38.5 Å². The molecule has 5 heteroatoms. The Bertz CT molecular complexity index is 252. The van der Waals surface area contributed by atoms with Gasteiger partial charge in [-0.05, 0) is 31.9 Å². The van der Waals surface area contributed by atoms with Crippen molar-refractivity contribution in [1.82, 2.24) is 10.7 Å². The summed E-state index contributed by atoms with van der Waals surface area (Å²) in [7, 11) is 0. The van der Waals surface area contributed by atoms with Crippen LogP contribution in [0.1, 0.15) is 38.5 Å². The van der Waals surface area contributed by atoms with Gasteiger partial charge in [0.2, 0.25) is 5.96 Å². The molecular weight excluding hydrogens is 220 g/mol. The zero-order valence-corrected chi connectivity index (χ0v) is 10.7. The van der Waals surface area contributed by atoms with Gasteiger partial charge in [-0.1, -0.05) is 12.8 Å². The van der Waals surface area contributed by atoms with E-state index in [0.717, 1.165) is 5.96 Å². The molecule has 2 aliphatic rings. The number of guanidine groups is 1. The van der Waals surface area contributed by atoms with E-state index in [4.69, 9.17) is 10.8 Å². The van der Waals surface area contributed by atoms with E-state index in [-0.39, 0.29) is 0 Å². The summed E-state index contributed by atoms with van der Waals surface area (Å²) in [6.45, 7) is 0. The lowest BCUT2D eigenvalue weighted by Crippen LogP contribution is -2.44. The summed E-state index contributed by atoms with van der Waals surface area (Å²) in [6, 6.07) is 1.03. The van der Waals surface area contributed by atoms with Gasteiger partial charge >= 0.3 is 0 Å². The van der Waals surface area contributed by atoms with Crippen LogP contribution < -0.4 is 16.6 Å². The molecule has 4 N–H and O–H groups in total. The van der Waals surface area contributed by atoms with Crippen molar-refractivity contribution in [2.75, 3.05) is 6.26 Å². The van der Waals surface area contributed by atoms with Gasteiger partial charge in [0, 0.05) is 11.3 Å². The van der Waals surface area contributed by atoms with Gasteiger partial charge in [0.05, 0.1) is 6.04 Å². The first-order valence-electron chi connectivity index (χ1n) is 6.17. The van der Waals surface area contributed by atoms with E-state index in [1.54, 1.807) is 0 Å². The molecule has 0 amide bonds. The maximum Gasteiger partial charge on any atom is 0.206 e. The monoisotopic (exact) mass is 242 g/mol. The van der Waals surface area contributed by atoms with Crippen molar-refractivity contribution in [2.24, 2.45) is 10.8 Å². The number of thioether (sulfide) groups is 1. The molecule has 2 atom stereocenters. The summed E-state index contributed by atoms with van der Waals surface area (Å²) in [6.07, 6.45) is 9.81. The van der Waals surface area contributed by atoms with Crippen LogP contribution in [-0.4, -0.2) is 29.5 Å². The number of rotatable bonds is 3. The average molecular weight is 242 g/mol. The molecule has 4 nitrogen and oxygen atoms in total. The lowest BCUT2D eigenvalue weighted by Gasteiger charge is -2.27. The summed E-state index contributed by atoms with van der Waals surface area (Å²) < 4.78 is 0. The number of nitrogens with zero attached hydrogens (tertiary/aromatic N) is 1. The molecule has 92 valence electrons. The van der Waals surface area contributed by atoms with Crippen LogP contribution in [-0.2, 0) is 0 Å². The third kappa shape index (κ3) is 3.28. The fourth-order valence-corrected chi connectivity index (χ4v) is 3.12. The molecule has 2 rings (SSSR count). The van der Waals surface area contributed by atoms with Crippen molar-refractivity contribution in [3.05, 3.63) is 0 Å². The van der Waals surface area contributed by atoms with Crippen molar-refractivity contribution in [1.29, 1.82) is 0 Å². The minimum absolute atomic E-state index is 0.432. The number of hydrogen-bond acceptors (Lipinski definition) is 3. The standard InChI is InChI=1S/C11H22N4S/c1-16-10-5-3-2-4-9(10)14-11(15-12)13-8-6-7-8/h8-10H,2-7,12H2,1H3,(H2,13,14,15). The molecule has 0 radical (unpaired) electrons. The Morgan fingerprint density at radius 1 is 1.25 bits per heavy atom. The maximum atomic E-state index is 5.50. The average Bonchev–Trinajstić information content (AvgIpc) is 3.13. The van der Waals surface area contributed by atoms with Crippen LogP contribution in [0.2, 0.25) is 0 Å². The molecule has 0 aromatic heterocycles. The fourth-order valence-electron chi connectivity index (χ4n) is 2.20. The van der Waals surface area contributed by atoms with Gasteiger partial charge in [-0.3, -0.25) is 5.43 Å². The second kappa shape index (κ2) is 5.77. The number of hydrazine groups is 1. The Labute approximate surface area is 102 Å². The van der Waals surface area contributed by atoms with E-state index in [0.29, 0.717) is 17.3 Å². The summed E-state index contributed by atoms with van der Waals surface area (Å²) in [5.41, 5.74) is 2.69. The molecule has 2 aliphatic carbocycles. The minimum Gasteiger partial charge on any atom is -0.353 e. The molecule has 0 spiro atoms. The van der Waals surface area contributed by atoms with Gasteiger partial charge in [0.25, 0.3) is 0 Å². The predicted molar refractivity (Wildman–Crippen MR) is 70.5 cm³/mol. The third-order valence-corrected chi connectivity index (χ3v) is 4.48. The van der Waals surface area contributed by atoms with Crippen molar-refractivity contribution in [3.63, 3.8) is 0 Å². The Balaban J connectivity index is 1.93. The second-order valence-corrected chi connectivity index (χ2v) is 5.74. The first-order valence-corrected chi connectivity index (χ1v) is 7.46. The highest BCUT2D eigenvalue weighted by molar-refractivity contribution is 7.99. The number of aliphatic imine (C=N–C) groups is 1. The first-order chi connectivity index (χ1) is 7.83. The molecule has 2 fully saturated rings. The maximum absolute atomic E-state index is 5.50. The number of nitrogens with two attached hydrogens (primary N) is 1. The Kier molecular flexibility index (Phi) is 4.35. The van der Waals surface area contributed by atoms with Gasteiger partial charge in [-0.15, -0.1) is 0 Å². The van der Waals surface area contributed by atoms with Crippen LogP contribution in [0.4, 0.5) is 0 Å². The van der Waals surface area contributed by atoms with E-state index in [2.05, 4.69) is 17.0 Å².